The van der Waals surface area contributed by atoms with Gasteiger partial charge in [-0.3, -0.25) is 19.3 Å². The first kappa shape index (κ1) is 45.8. The minimum absolute atomic E-state index is 0.00160. The molecule has 0 aliphatic carbocycles. The Morgan fingerprint density at radius 2 is 0.655 bits per heavy atom. The third-order valence-electron chi connectivity index (χ3n) is 8.21. The van der Waals surface area contributed by atoms with Crippen LogP contribution in [0, 0.1) is 0 Å². The maximum atomic E-state index is 12.8. The van der Waals surface area contributed by atoms with E-state index in [0.717, 1.165) is 36.4 Å². The molecule has 0 saturated heterocycles. The fourth-order valence-electron chi connectivity index (χ4n) is 5.27. The van der Waals surface area contributed by atoms with Gasteiger partial charge in [0.1, 0.15) is 0 Å². The number of aromatic nitrogens is 3. The number of nitrogens with zero attached hydrogens (tertiary/aromatic N) is 4. The van der Waals surface area contributed by atoms with E-state index >= 15 is 0 Å². The number of aromatic hydroxyl groups is 6. The third kappa shape index (κ3) is 16.6. The fraction of sp³-hybridized carbons (Fsp3) is 0.500. The molecule has 0 aliphatic rings. The fourth-order valence-corrected chi connectivity index (χ4v) is 5.27. The monoisotopic (exact) mass is 821 g/mol. The summed E-state index contributed by atoms with van der Waals surface area (Å²) < 4.78 is 1.79. The Balaban J connectivity index is 1.36. The molecule has 3 aromatic heterocycles. The number of hydrogen-bond donors (Lipinski definition) is 9. The zero-order valence-corrected chi connectivity index (χ0v) is 31.8. The molecule has 320 valence electrons. The van der Waals surface area contributed by atoms with Gasteiger partial charge in [-0.05, 0) is 38.5 Å². The van der Waals surface area contributed by atoms with Crippen LogP contribution in [-0.4, -0.2) is 125 Å². The van der Waals surface area contributed by atoms with Gasteiger partial charge in [-0.15, -0.1) is 14.2 Å². The molecule has 0 radical (unpaired) electrons. The molecule has 0 fully saturated rings. The molecule has 0 aliphatic heterocycles. The van der Waals surface area contributed by atoms with Crippen LogP contribution in [0.4, 0.5) is 0 Å². The second kappa shape index (κ2) is 24.1. The van der Waals surface area contributed by atoms with Crippen molar-refractivity contribution >= 4 is 35.6 Å². The summed E-state index contributed by atoms with van der Waals surface area (Å²) in [6.07, 6.45) is 4.34. The van der Waals surface area contributed by atoms with Crippen LogP contribution in [0.3, 0.4) is 0 Å². The number of carbonyl (C=O) groups is 6. The van der Waals surface area contributed by atoms with Gasteiger partial charge in [0, 0.05) is 75.3 Å². The lowest BCUT2D eigenvalue weighted by molar-refractivity contribution is -0.146. The van der Waals surface area contributed by atoms with Gasteiger partial charge in [0.2, 0.25) is 53.0 Å². The standard InChI is InChI=1S/C36H51N7O15/c44-25(37-19-7-1-4-10-34(53)56-41-28(47)13-14-29(41)48)22-40(23-26(45)38-20-8-2-5-11-35(54)57-42-30(49)15-16-31(42)50)24-27(46)39-21-9-3-6-12-36(55)58-43-32(51)17-18-33(43)52/h13-18,47-52H,1-12,19-24H2,(H,37,44)(H,38,45)(H,39,46). The molecule has 3 amide bonds. The number of carbonyl (C=O) groups excluding carboxylic acids is 6. The Morgan fingerprint density at radius 3 is 0.897 bits per heavy atom. The molecule has 9 N–H and O–H groups in total. The maximum Gasteiger partial charge on any atom is 0.333 e. The van der Waals surface area contributed by atoms with Crippen LogP contribution in [0.5, 0.6) is 35.3 Å². The van der Waals surface area contributed by atoms with Crippen molar-refractivity contribution in [3.63, 3.8) is 0 Å². The molecular formula is C36H51N7O15. The number of unbranched alkanes of at least 4 members (excludes halogenated alkanes) is 6. The van der Waals surface area contributed by atoms with Gasteiger partial charge < -0.3 is 61.1 Å². The smallest absolute Gasteiger partial charge is 0.333 e. The highest BCUT2D eigenvalue weighted by atomic mass is 16.7. The van der Waals surface area contributed by atoms with E-state index < -0.39 is 70.9 Å². The van der Waals surface area contributed by atoms with Crippen LogP contribution < -0.4 is 30.5 Å². The van der Waals surface area contributed by atoms with E-state index in [4.69, 9.17) is 14.5 Å². The normalized spacial score (nSPS) is 10.9. The Bertz CT molecular complexity index is 1560. The number of amides is 3. The molecule has 0 aromatic carbocycles. The molecule has 22 heteroatoms. The van der Waals surface area contributed by atoms with Crippen LogP contribution in [0.2, 0.25) is 0 Å². The second-order valence-electron chi connectivity index (χ2n) is 13.0. The zero-order chi connectivity index (χ0) is 42.5. The summed E-state index contributed by atoms with van der Waals surface area (Å²) in [6, 6.07) is 6.97. The molecule has 3 heterocycles. The SMILES string of the molecule is O=C(CN(CC(=O)NCCCCCC(=O)On1c(O)ccc1O)CC(=O)NCCCCCC(=O)On1c(O)ccc1O)NCCCCCC(=O)On1c(O)ccc1O. The minimum atomic E-state index is -0.674. The molecular weight excluding hydrogens is 770 g/mol. The van der Waals surface area contributed by atoms with Crippen molar-refractivity contribution in [2.75, 3.05) is 39.3 Å². The van der Waals surface area contributed by atoms with Crippen LogP contribution >= 0.6 is 0 Å². The summed E-state index contributed by atoms with van der Waals surface area (Å²) in [5, 5.41) is 65.6. The largest absolute Gasteiger partial charge is 0.492 e. The number of hydrogen-bond acceptors (Lipinski definition) is 16. The predicted octanol–water partition coefficient (Wildman–Crippen LogP) is -0.0775. The molecule has 0 bridgehead atoms. The molecule has 0 atom stereocenters. The van der Waals surface area contributed by atoms with E-state index in [2.05, 4.69) is 16.0 Å². The average Bonchev–Trinajstić information content (AvgIpc) is 3.78. The summed E-state index contributed by atoms with van der Waals surface area (Å²) in [4.78, 5) is 90.3. The molecule has 0 spiro atoms. The molecule has 0 saturated carbocycles. The van der Waals surface area contributed by atoms with Gasteiger partial charge in [-0.1, -0.05) is 19.3 Å². The van der Waals surface area contributed by atoms with E-state index in [1.54, 1.807) is 0 Å². The topological polar surface area (TPSA) is 306 Å². The maximum absolute atomic E-state index is 12.8. The summed E-state index contributed by atoms with van der Waals surface area (Å²) in [6.45, 7) is -0.0770. The van der Waals surface area contributed by atoms with Gasteiger partial charge in [0.05, 0.1) is 19.6 Å². The second-order valence-corrected chi connectivity index (χ2v) is 13.0. The van der Waals surface area contributed by atoms with Crippen LogP contribution in [0.25, 0.3) is 0 Å². The Kier molecular flexibility index (Phi) is 19.1. The molecule has 3 rings (SSSR count). The number of nitrogens with one attached hydrogen (secondary N) is 3. The van der Waals surface area contributed by atoms with E-state index in [0.29, 0.717) is 72.0 Å². The first-order valence-corrected chi connectivity index (χ1v) is 18.7. The van der Waals surface area contributed by atoms with Gasteiger partial charge in [0.15, 0.2) is 0 Å². The lowest BCUT2D eigenvalue weighted by Gasteiger charge is -2.21. The lowest BCUT2D eigenvalue weighted by atomic mass is 10.2. The van der Waals surface area contributed by atoms with E-state index in [1.807, 2.05) is 0 Å². The quantitative estimate of drug-likeness (QED) is 0.0455. The van der Waals surface area contributed by atoms with Gasteiger partial charge in [0.25, 0.3) is 0 Å². The Hall–Kier alpha value is -6.58. The highest BCUT2D eigenvalue weighted by Gasteiger charge is 2.19. The van der Waals surface area contributed by atoms with Gasteiger partial charge in [-0.2, -0.15) is 0 Å². The van der Waals surface area contributed by atoms with Crippen molar-refractivity contribution in [1.29, 1.82) is 0 Å². The highest BCUT2D eigenvalue weighted by Crippen LogP contribution is 2.21. The summed E-state index contributed by atoms with van der Waals surface area (Å²) in [5.41, 5.74) is 0. The predicted molar refractivity (Wildman–Crippen MR) is 199 cm³/mol. The van der Waals surface area contributed by atoms with Crippen molar-refractivity contribution < 1.29 is 73.9 Å². The Labute approximate surface area is 332 Å². The number of rotatable bonds is 27. The van der Waals surface area contributed by atoms with Crippen molar-refractivity contribution in [3.8, 4) is 35.3 Å². The molecule has 22 nitrogen and oxygen atoms in total. The van der Waals surface area contributed by atoms with Crippen molar-refractivity contribution in [3.05, 3.63) is 36.4 Å². The summed E-state index contributed by atoms with van der Waals surface area (Å²) in [5.74, 6) is -5.95. The van der Waals surface area contributed by atoms with Crippen LogP contribution in [0.1, 0.15) is 77.0 Å². The first-order valence-electron chi connectivity index (χ1n) is 18.7. The first-order chi connectivity index (χ1) is 27.7. The average molecular weight is 822 g/mol. The van der Waals surface area contributed by atoms with E-state index in [1.165, 1.54) is 4.90 Å². The van der Waals surface area contributed by atoms with E-state index in [-0.39, 0.29) is 58.5 Å². The summed E-state index contributed by atoms with van der Waals surface area (Å²) >= 11 is 0. The van der Waals surface area contributed by atoms with Gasteiger partial charge >= 0.3 is 17.9 Å². The Morgan fingerprint density at radius 1 is 0.414 bits per heavy atom. The van der Waals surface area contributed by atoms with Crippen molar-refractivity contribution in [1.82, 2.24) is 35.0 Å². The zero-order valence-electron chi connectivity index (χ0n) is 31.8. The van der Waals surface area contributed by atoms with Crippen molar-refractivity contribution in [2.45, 2.75) is 77.0 Å². The minimum Gasteiger partial charge on any atom is -0.492 e. The molecule has 3 aromatic rings. The van der Waals surface area contributed by atoms with Crippen LogP contribution in [0.15, 0.2) is 36.4 Å². The van der Waals surface area contributed by atoms with Crippen molar-refractivity contribution in [2.24, 2.45) is 0 Å². The third-order valence-corrected chi connectivity index (χ3v) is 8.21. The molecule has 58 heavy (non-hydrogen) atoms. The molecule has 0 unspecified atom stereocenters. The highest BCUT2D eigenvalue weighted by molar-refractivity contribution is 5.84. The van der Waals surface area contributed by atoms with E-state index in [9.17, 15) is 59.4 Å². The van der Waals surface area contributed by atoms with Gasteiger partial charge in [-0.25, -0.2) is 14.4 Å². The summed E-state index contributed by atoms with van der Waals surface area (Å²) in [7, 11) is 0. The van der Waals surface area contributed by atoms with Crippen LogP contribution in [-0.2, 0) is 28.8 Å². The lowest BCUT2D eigenvalue weighted by Crippen LogP contribution is -2.47.